The van der Waals surface area contributed by atoms with Crippen LogP contribution in [0.15, 0.2) is 51.8 Å². The highest BCUT2D eigenvalue weighted by Crippen LogP contribution is 2.14. The van der Waals surface area contributed by atoms with E-state index in [0.717, 1.165) is 11.3 Å². The minimum atomic E-state index is -0.386. The van der Waals surface area contributed by atoms with Gasteiger partial charge in [-0.3, -0.25) is 4.57 Å². The predicted octanol–water partition coefficient (Wildman–Crippen LogP) is 1.81. The fourth-order valence-corrected chi connectivity index (χ4v) is 2.09. The van der Waals surface area contributed by atoms with Gasteiger partial charge in [0.1, 0.15) is 0 Å². The van der Waals surface area contributed by atoms with Crippen LogP contribution in [0.1, 0.15) is 5.56 Å². The van der Waals surface area contributed by atoms with E-state index in [4.69, 9.17) is 10.2 Å². The van der Waals surface area contributed by atoms with Gasteiger partial charge in [-0.25, -0.2) is 9.78 Å². The first-order chi connectivity index (χ1) is 9.25. The number of nitrogens with two attached hydrogens (primary N) is 1. The molecule has 0 spiro atoms. The van der Waals surface area contributed by atoms with Gasteiger partial charge in [-0.05, 0) is 30.2 Å². The Balaban J connectivity index is 1.92. The molecule has 0 aliphatic carbocycles. The summed E-state index contributed by atoms with van der Waals surface area (Å²) in [7, 11) is 0. The van der Waals surface area contributed by atoms with E-state index in [-0.39, 0.29) is 5.76 Å². The lowest BCUT2D eigenvalue weighted by molar-refractivity contribution is 0.505. The topological polar surface area (TPSA) is 74.0 Å². The number of benzene rings is 1. The van der Waals surface area contributed by atoms with Gasteiger partial charge in [-0.15, -0.1) is 0 Å². The minimum Gasteiger partial charge on any atom is -0.406 e. The summed E-state index contributed by atoms with van der Waals surface area (Å²) in [6.07, 6.45) is 2.31. The number of rotatable bonds is 3. The van der Waals surface area contributed by atoms with Crippen molar-refractivity contribution in [3.05, 3.63) is 58.7 Å². The molecular weight excluding hydrogens is 242 g/mol. The van der Waals surface area contributed by atoms with Crippen LogP contribution >= 0.6 is 0 Å². The Kier molecular flexibility index (Phi) is 2.79. The van der Waals surface area contributed by atoms with E-state index in [1.165, 1.54) is 4.57 Å². The molecular formula is C14H13N3O2. The normalized spacial score (nSPS) is 10.9. The Labute approximate surface area is 109 Å². The van der Waals surface area contributed by atoms with Gasteiger partial charge in [0.05, 0.1) is 0 Å². The molecule has 0 unspecified atom stereocenters. The van der Waals surface area contributed by atoms with Gasteiger partial charge < -0.3 is 10.2 Å². The molecule has 0 saturated heterocycles. The Morgan fingerprint density at radius 3 is 2.89 bits per heavy atom. The number of fused-ring (bicyclic) bond motifs is 1. The molecule has 2 aromatic heterocycles. The molecule has 5 heteroatoms. The third-order valence-corrected chi connectivity index (χ3v) is 3.08. The summed E-state index contributed by atoms with van der Waals surface area (Å²) in [4.78, 5) is 15.9. The number of nitrogens with zero attached hydrogens (tertiary/aromatic N) is 2. The van der Waals surface area contributed by atoms with Crippen LogP contribution in [0.3, 0.4) is 0 Å². The van der Waals surface area contributed by atoms with Crippen molar-refractivity contribution in [2.24, 2.45) is 0 Å². The number of aromatic nitrogens is 2. The average molecular weight is 255 g/mol. The molecule has 3 rings (SSSR count). The Hall–Kier alpha value is -2.56. The van der Waals surface area contributed by atoms with E-state index < -0.39 is 0 Å². The Bertz CT molecular complexity index is 773. The Morgan fingerprint density at radius 2 is 2.05 bits per heavy atom. The van der Waals surface area contributed by atoms with Crippen molar-refractivity contribution in [3.63, 3.8) is 0 Å². The molecule has 0 radical (unpaired) electrons. The molecule has 19 heavy (non-hydrogen) atoms. The van der Waals surface area contributed by atoms with E-state index >= 15 is 0 Å². The first-order valence-corrected chi connectivity index (χ1v) is 6.03. The standard InChI is InChI=1S/C14H13N3O2/c15-11-5-2-1-4-10(11)7-9-17-13-12(19-14(17)18)6-3-8-16-13/h1-6,8H,7,9,15H2. The second kappa shape index (κ2) is 4.61. The molecule has 2 heterocycles. The lowest BCUT2D eigenvalue weighted by Gasteiger charge is -2.05. The highest BCUT2D eigenvalue weighted by atomic mass is 16.4. The number of hydrogen-bond donors (Lipinski definition) is 1. The van der Waals surface area contributed by atoms with E-state index in [1.807, 2.05) is 24.3 Å². The fraction of sp³-hybridized carbons (Fsp3) is 0.143. The zero-order valence-electron chi connectivity index (χ0n) is 10.2. The van der Waals surface area contributed by atoms with E-state index in [0.29, 0.717) is 24.2 Å². The Morgan fingerprint density at radius 1 is 1.21 bits per heavy atom. The summed E-state index contributed by atoms with van der Waals surface area (Å²) in [5.74, 6) is -0.386. The van der Waals surface area contributed by atoms with Crippen LogP contribution in [0.5, 0.6) is 0 Å². The lowest BCUT2D eigenvalue weighted by atomic mass is 10.1. The molecule has 0 aliphatic rings. The second-order valence-corrected chi connectivity index (χ2v) is 4.29. The van der Waals surface area contributed by atoms with Gasteiger partial charge in [-0.1, -0.05) is 18.2 Å². The highest BCUT2D eigenvalue weighted by molar-refractivity contribution is 5.67. The van der Waals surface area contributed by atoms with E-state index in [1.54, 1.807) is 18.3 Å². The van der Waals surface area contributed by atoms with Crippen LogP contribution in [0, 0.1) is 0 Å². The third kappa shape index (κ3) is 2.10. The molecule has 3 aromatic rings. The van der Waals surface area contributed by atoms with Crippen molar-refractivity contribution in [2.75, 3.05) is 5.73 Å². The molecule has 0 amide bonds. The molecule has 5 nitrogen and oxygen atoms in total. The van der Waals surface area contributed by atoms with Gasteiger partial charge in [0.2, 0.25) is 0 Å². The smallest absolute Gasteiger partial charge is 0.406 e. The number of aryl methyl sites for hydroxylation is 2. The summed E-state index contributed by atoms with van der Waals surface area (Å²) in [5.41, 5.74) is 8.71. The summed E-state index contributed by atoms with van der Waals surface area (Å²) in [6, 6.07) is 11.1. The van der Waals surface area contributed by atoms with Crippen molar-refractivity contribution in [1.29, 1.82) is 0 Å². The third-order valence-electron chi connectivity index (χ3n) is 3.08. The summed E-state index contributed by atoms with van der Waals surface area (Å²) in [6.45, 7) is 0.497. The monoisotopic (exact) mass is 255 g/mol. The van der Waals surface area contributed by atoms with Gasteiger partial charge in [0, 0.05) is 18.4 Å². The van der Waals surface area contributed by atoms with Crippen LogP contribution in [0.4, 0.5) is 5.69 Å². The number of anilines is 1. The summed E-state index contributed by atoms with van der Waals surface area (Å²) in [5, 5.41) is 0. The van der Waals surface area contributed by atoms with Crippen LogP contribution in [0.25, 0.3) is 11.2 Å². The number of nitrogen functional groups attached to an aromatic ring is 1. The van der Waals surface area contributed by atoms with E-state index in [9.17, 15) is 4.79 Å². The van der Waals surface area contributed by atoms with Crippen molar-refractivity contribution < 1.29 is 4.42 Å². The van der Waals surface area contributed by atoms with Crippen molar-refractivity contribution in [1.82, 2.24) is 9.55 Å². The summed E-state index contributed by atoms with van der Waals surface area (Å²) < 4.78 is 6.66. The number of oxazole rings is 1. The maximum Gasteiger partial charge on any atom is 0.421 e. The number of para-hydroxylation sites is 1. The molecule has 0 aliphatic heterocycles. The zero-order valence-corrected chi connectivity index (χ0v) is 10.2. The SMILES string of the molecule is Nc1ccccc1CCn1c(=O)oc2cccnc21. The number of pyridine rings is 1. The maximum atomic E-state index is 11.8. The molecule has 0 atom stereocenters. The van der Waals surface area contributed by atoms with Gasteiger partial charge >= 0.3 is 5.76 Å². The number of hydrogen-bond acceptors (Lipinski definition) is 4. The molecule has 0 fully saturated rings. The van der Waals surface area contributed by atoms with Crippen LogP contribution in [0.2, 0.25) is 0 Å². The second-order valence-electron chi connectivity index (χ2n) is 4.29. The lowest BCUT2D eigenvalue weighted by Crippen LogP contribution is -2.16. The minimum absolute atomic E-state index is 0.386. The summed E-state index contributed by atoms with van der Waals surface area (Å²) >= 11 is 0. The molecule has 1 aromatic carbocycles. The van der Waals surface area contributed by atoms with Gasteiger partial charge in [-0.2, -0.15) is 0 Å². The zero-order chi connectivity index (χ0) is 13.2. The largest absolute Gasteiger partial charge is 0.421 e. The van der Waals surface area contributed by atoms with Crippen molar-refractivity contribution in [3.8, 4) is 0 Å². The van der Waals surface area contributed by atoms with Crippen molar-refractivity contribution >= 4 is 16.9 Å². The van der Waals surface area contributed by atoms with E-state index in [2.05, 4.69) is 4.98 Å². The van der Waals surface area contributed by atoms with Crippen LogP contribution < -0.4 is 11.5 Å². The molecule has 0 saturated carbocycles. The quantitative estimate of drug-likeness (QED) is 0.724. The molecule has 2 N–H and O–H groups in total. The molecule has 96 valence electrons. The van der Waals surface area contributed by atoms with Gasteiger partial charge in [0.15, 0.2) is 11.2 Å². The van der Waals surface area contributed by atoms with Crippen LogP contribution in [-0.2, 0) is 13.0 Å². The fourth-order valence-electron chi connectivity index (χ4n) is 2.09. The first kappa shape index (κ1) is 11.5. The highest BCUT2D eigenvalue weighted by Gasteiger charge is 2.10. The maximum absolute atomic E-state index is 11.8. The predicted molar refractivity (Wildman–Crippen MR) is 72.8 cm³/mol. The van der Waals surface area contributed by atoms with Crippen LogP contribution in [-0.4, -0.2) is 9.55 Å². The average Bonchev–Trinajstić information content (AvgIpc) is 2.74. The van der Waals surface area contributed by atoms with Crippen molar-refractivity contribution in [2.45, 2.75) is 13.0 Å². The molecule has 0 bridgehead atoms. The van der Waals surface area contributed by atoms with Gasteiger partial charge in [0.25, 0.3) is 0 Å². The first-order valence-electron chi connectivity index (χ1n) is 6.03.